The molecule has 2 heterocycles. The van der Waals surface area contributed by atoms with Crippen LogP contribution in [0, 0.1) is 0 Å². The van der Waals surface area contributed by atoms with Gasteiger partial charge in [0.2, 0.25) is 0 Å². The van der Waals surface area contributed by atoms with E-state index in [9.17, 15) is 0 Å². The minimum absolute atomic E-state index is 0.412. The van der Waals surface area contributed by atoms with Crippen molar-refractivity contribution in [3.63, 3.8) is 0 Å². The Morgan fingerprint density at radius 1 is 1.07 bits per heavy atom. The lowest BCUT2D eigenvalue weighted by Gasteiger charge is -2.35. The van der Waals surface area contributed by atoms with Gasteiger partial charge in [-0.05, 0) is 61.3 Å². The first-order valence-electron chi connectivity index (χ1n) is 10.1. The van der Waals surface area contributed by atoms with Crippen LogP contribution < -0.4 is 9.64 Å². The summed E-state index contributed by atoms with van der Waals surface area (Å²) in [7, 11) is 0. The van der Waals surface area contributed by atoms with Crippen molar-refractivity contribution in [2.75, 3.05) is 50.8 Å². The number of oxime groups is 1. The second-order valence-corrected chi connectivity index (χ2v) is 6.85. The Labute approximate surface area is 172 Å². The molecule has 154 valence electrons. The van der Waals surface area contributed by atoms with Crippen molar-refractivity contribution < 1.29 is 9.57 Å². The number of aromatic nitrogens is 2. The molecule has 0 bridgehead atoms. The molecule has 1 saturated heterocycles. The van der Waals surface area contributed by atoms with E-state index in [0.29, 0.717) is 6.61 Å². The Bertz CT molecular complexity index is 744. The van der Waals surface area contributed by atoms with Gasteiger partial charge in [-0.1, -0.05) is 17.8 Å². The molecule has 2 aromatic rings. The number of nitrogens with zero attached hydrogens (tertiary/aromatic N) is 5. The second kappa shape index (κ2) is 11.8. The predicted octanol–water partition coefficient (Wildman–Crippen LogP) is 2.99. The van der Waals surface area contributed by atoms with Crippen LogP contribution in [0.5, 0.6) is 5.75 Å². The van der Waals surface area contributed by atoms with E-state index in [1.807, 2.05) is 36.4 Å². The molecule has 0 aliphatic carbocycles. The third-order valence-electron chi connectivity index (χ3n) is 4.74. The van der Waals surface area contributed by atoms with Crippen molar-refractivity contribution in [3.05, 3.63) is 60.8 Å². The summed E-state index contributed by atoms with van der Waals surface area (Å²) in [5.74, 6) is 1.86. The molecule has 7 heteroatoms. The van der Waals surface area contributed by atoms with Crippen molar-refractivity contribution >= 4 is 12.0 Å². The molecule has 0 atom stereocenters. The van der Waals surface area contributed by atoms with Gasteiger partial charge in [-0.3, -0.25) is 4.90 Å². The van der Waals surface area contributed by atoms with Gasteiger partial charge in [0.15, 0.2) is 5.82 Å². The highest BCUT2D eigenvalue weighted by molar-refractivity contribution is 5.79. The van der Waals surface area contributed by atoms with Gasteiger partial charge in [-0.15, -0.1) is 5.10 Å². The number of hydrogen-bond acceptors (Lipinski definition) is 7. The SMILES string of the molecule is C=CCO/N=C/c1ccc(OCCCCN2CCN(c3cccnn3)CC2)cc1. The minimum Gasteiger partial charge on any atom is -0.494 e. The molecular formula is C22H29N5O2. The maximum Gasteiger partial charge on any atom is 0.151 e. The Kier molecular flexibility index (Phi) is 8.47. The summed E-state index contributed by atoms with van der Waals surface area (Å²) in [6.45, 7) is 9.97. The van der Waals surface area contributed by atoms with Gasteiger partial charge in [0, 0.05) is 32.4 Å². The molecule has 3 rings (SSSR count). The number of ether oxygens (including phenoxy) is 1. The van der Waals surface area contributed by atoms with Gasteiger partial charge in [-0.2, -0.15) is 5.10 Å². The van der Waals surface area contributed by atoms with Crippen molar-refractivity contribution in [1.29, 1.82) is 0 Å². The predicted molar refractivity (Wildman–Crippen MR) is 116 cm³/mol. The summed E-state index contributed by atoms with van der Waals surface area (Å²) >= 11 is 0. The van der Waals surface area contributed by atoms with Crippen molar-refractivity contribution in [2.45, 2.75) is 12.8 Å². The Balaban J connectivity index is 1.27. The summed E-state index contributed by atoms with van der Waals surface area (Å²) < 4.78 is 5.84. The van der Waals surface area contributed by atoms with E-state index < -0.39 is 0 Å². The van der Waals surface area contributed by atoms with Crippen LogP contribution in [0.3, 0.4) is 0 Å². The smallest absolute Gasteiger partial charge is 0.151 e. The van der Waals surface area contributed by atoms with Crippen LogP contribution >= 0.6 is 0 Å². The maximum atomic E-state index is 5.84. The molecule has 1 aromatic carbocycles. The van der Waals surface area contributed by atoms with E-state index in [0.717, 1.165) is 69.3 Å². The number of piperazine rings is 1. The highest BCUT2D eigenvalue weighted by atomic mass is 16.6. The summed E-state index contributed by atoms with van der Waals surface area (Å²) in [6.07, 6.45) is 7.23. The highest BCUT2D eigenvalue weighted by Gasteiger charge is 2.17. The molecule has 1 aromatic heterocycles. The second-order valence-electron chi connectivity index (χ2n) is 6.85. The van der Waals surface area contributed by atoms with E-state index in [4.69, 9.17) is 9.57 Å². The third kappa shape index (κ3) is 7.19. The average Bonchev–Trinajstić information content (AvgIpc) is 2.78. The monoisotopic (exact) mass is 395 g/mol. The summed E-state index contributed by atoms with van der Waals surface area (Å²) in [6, 6.07) is 11.8. The van der Waals surface area contributed by atoms with Gasteiger partial charge < -0.3 is 14.5 Å². The van der Waals surface area contributed by atoms with Crippen LogP contribution in [0.25, 0.3) is 0 Å². The van der Waals surface area contributed by atoms with Gasteiger partial charge in [0.25, 0.3) is 0 Å². The van der Waals surface area contributed by atoms with Crippen LogP contribution in [-0.2, 0) is 4.84 Å². The Morgan fingerprint density at radius 3 is 2.62 bits per heavy atom. The fraction of sp³-hybridized carbons (Fsp3) is 0.409. The standard InChI is InChI=1S/C22H29N5O2/c1-2-17-29-24-19-20-7-9-21(10-8-20)28-18-4-3-12-26-13-15-27(16-14-26)22-6-5-11-23-25-22/h2,5-11,19H,1,3-4,12-18H2/b24-19+. The fourth-order valence-electron chi connectivity index (χ4n) is 3.13. The summed E-state index contributed by atoms with van der Waals surface area (Å²) in [5, 5.41) is 12.0. The first-order chi connectivity index (χ1) is 14.3. The minimum atomic E-state index is 0.412. The van der Waals surface area contributed by atoms with E-state index in [-0.39, 0.29) is 0 Å². The lowest BCUT2D eigenvalue weighted by atomic mass is 10.2. The normalized spacial score (nSPS) is 14.8. The largest absolute Gasteiger partial charge is 0.494 e. The highest BCUT2D eigenvalue weighted by Crippen LogP contribution is 2.13. The molecule has 0 unspecified atom stereocenters. The summed E-state index contributed by atoms with van der Waals surface area (Å²) in [5.41, 5.74) is 0.974. The zero-order chi connectivity index (χ0) is 20.2. The molecule has 29 heavy (non-hydrogen) atoms. The lowest BCUT2D eigenvalue weighted by molar-refractivity contribution is 0.176. The zero-order valence-electron chi connectivity index (χ0n) is 16.8. The maximum absolute atomic E-state index is 5.84. The van der Waals surface area contributed by atoms with Crippen LogP contribution in [0.4, 0.5) is 5.82 Å². The third-order valence-corrected chi connectivity index (χ3v) is 4.74. The molecule has 0 radical (unpaired) electrons. The molecule has 1 aliphatic heterocycles. The quantitative estimate of drug-likeness (QED) is 0.252. The Hall–Kier alpha value is -2.93. The van der Waals surface area contributed by atoms with Crippen molar-refractivity contribution in [1.82, 2.24) is 15.1 Å². The van der Waals surface area contributed by atoms with Gasteiger partial charge >= 0.3 is 0 Å². The van der Waals surface area contributed by atoms with E-state index >= 15 is 0 Å². The molecule has 0 saturated carbocycles. The number of rotatable bonds is 11. The fourth-order valence-corrected chi connectivity index (χ4v) is 3.13. The number of unbranched alkanes of at least 4 members (excludes halogenated alkanes) is 1. The van der Waals surface area contributed by atoms with Crippen molar-refractivity contribution in [2.24, 2.45) is 5.16 Å². The first kappa shape index (κ1) is 20.8. The van der Waals surface area contributed by atoms with E-state index in [1.165, 1.54) is 0 Å². The van der Waals surface area contributed by atoms with E-state index in [1.54, 1.807) is 18.5 Å². The molecule has 1 aliphatic rings. The van der Waals surface area contributed by atoms with Gasteiger partial charge in [0.05, 0.1) is 12.8 Å². The summed E-state index contributed by atoms with van der Waals surface area (Å²) in [4.78, 5) is 9.80. The molecule has 0 amide bonds. The van der Waals surface area contributed by atoms with Crippen molar-refractivity contribution in [3.8, 4) is 5.75 Å². The van der Waals surface area contributed by atoms with Crippen LogP contribution in [-0.4, -0.2) is 67.2 Å². The molecule has 7 nitrogen and oxygen atoms in total. The van der Waals surface area contributed by atoms with Gasteiger partial charge in [-0.25, -0.2) is 0 Å². The van der Waals surface area contributed by atoms with E-state index in [2.05, 4.69) is 31.7 Å². The van der Waals surface area contributed by atoms with Crippen LogP contribution in [0.1, 0.15) is 18.4 Å². The Morgan fingerprint density at radius 2 is 1.90 bits per heavy atom. The number of benzene rings is 1. The van der Waals surface area contributed by atoms with Crippen LogP contribution in [0.15, 0.2) is 60.4 Å². The number of hydrogen-bond donors (Lipinski definition) is 0. The molecule has 0 N–H and O–H groups in total. The average molecular weight is 396 g/mol. The first-order valence-corrected chi connectivity index (χ1v) is 10.1. The zero-order valence-corrected chi connectivity index (χ0v) is 16.8. The number of anilines is 1. The lowest BCUT2D eigenvalue weighted by Crippen LogP contribution is -2.47. The molecular weight excluding hydrogens is 366 g/mol. The molecule has 0 spiro atoms. The molecule has 1 fully saturated rings. The van der Waals surface area contributed by atoms with Crippen LogP contribution in [0.2, 0.25) is 0 Å². The topological polar surface area (TPSA) is 63.1 Å². The van der Waals surface area contributed by atoms with Gasteiger partial charge in [0.1, 0.15) is 12.4 Å².